The summed E-state index contributed by atoms with van der Waals surface area (Å²) in [5.74, 6) is -0.164. The first-order chi connectivity index (χ1) is 9.86. The van der Waals surface area contributed by atoms with Gasteiger partial charge in [0.1, 0.15) is 5.82 Å². The monoisotopic (exact) mass is 358 g/mol. The summed E-state index contributed by atoms with van der Waals surface area (Å²) in [7, 11) is 0. The van der Waals surface area contributed by atoms with Gasteiger partial charge in [0.05, 0.1) is 0 Å². The summed E-state index contributed by atoms with van der Waals surface area (Å²) < 4.78 is 15.6. The Balaban J connectivity index is 2.49. The minimum absolute atomic E-state index is 0.0204. The molecule has 3 nitrogen and oxygen atoms in total. The van der Waals surface area contributed by atoms with Crippen LogP contribution in [0.25, 0.3) is 0 Å². The molecule has 21 heavy (non-hydrogen) atoms. The van der Waals surface area contributed by atoms with Crippen LogP contribution in [0, 0.1) is 18.2 Å². The molecule has 1 aromatic rings. The van der Waals surface area contributed by atoms with Crippen molar-refractivity contribution >= 4 is 15.9 Å². The summed E-state index contributed by atoms with van der Waals surface area (Å²) in [4.78, 5) is 2.27. The first-order valence-electron chi connectivity index (χ1n) is 7.38. The molecule has 2 rings (SSSR count). The van der Waals surface area contributed by atoms with Crippen LogP contribution in [-0.2, 0) is 0 Å². The normalized spacial score (nSPS) is 18.8. The van der Waals surface area contributed by atoms with Gasteiger partial charge in [0.25, 0.3) is 0 Å². The number of benzene rings is 1. The van der Waals surface area contributed by atoms with E-state index < -0.39 is 5.41 Å². The van der Waals surface area contributed by atoms with Crippen LogP contribution in [0.2, 0.25) is 0 Å². The van der Waals surface area contributed by atoms with E-state index in [0.717, 1.165) is 30.7 Å². The molecule has 2 N–H and O–H groups in total. The number of aliphatic hydroxyl groups excluding tert-OH is 1. The second-order valence-corrected chi connectivity index (χ2v) is 7.38. The van der Waals surface area contributed by atoms with Crippen molar-refractivity contribution in [3.8, 4) is 0 Å². The maximum atomic E-state index is 14.7. The van der Waals surface area contributed by atoms with Crippen molar-refractivity contribution in [2.75, 3.05) is 32.8 Å². The number of nitrogens with one attached hydrogen (secondary N) is 1. The molecule has 0 aromatic heterocycles. The Morgan fingerprint density at radius 3 is 2.57 bits per heavy atom. The van der Waals surface area contributed by atoms with Crippen LogP contribution in [0.3, 0.4) is 0 Å². The highest BCUT2D eigenvalue weighted by Crippen LogP contribution is 2.40. The quantitative estimate of drug-likeness (QED) is 0.868. The largest absolute Gasteiger partial charge is 0.396 e. The van der Waals surface area contributed by atoms with Crippen LogP contribution >= 0.6 is 15.9 Å². The van der Waals surface area contributed by atoms with E-state index in [-0.39, 0.29) is 18.5 Å². The minimum atomic E-state index is -0.411. The maximum Gasteiger partial charge on any atom is 0.130 e. The zero-order valence-corrected chi connectivity index (χ0v) is 14.5. The van der Waals surface area contributed by atoms with Crippen LogP contribution < -0.4 is 5.32 Å². The fourth-order valence-electron chi connectivity index (χ4n) is 3.09. The Hall–Kier alpha value is -0.490. The molecule has 0 bridgehead atoms. The fraction of sp³-hybridized carbons (Fsp3) is 0.625. The van der Waals surface area contributed by atoms with Crippen molar-refractivity contribution < 1.29 is 9.50 Å². The Morgan fingerprint density at radius 1 is 1.38 bits per heavy atom. The number of nitrogens with zero attached hydrogens (tertiary/aromatic N) is 1. The standard InChI is InChI=1S/C16H24BrFN2O/c1-11-8-12(17)9-13(14(11)18)15(16(2,3)10-21)20-6-4-19-5-7-20/h8-9,15,19,21H,4-7,10H2,1-3H3/t15-/m0/s1. The molecule has 1 heterocycles. The molecule has 118 valence electrons. The molecule has 1 saturated heterocycles. The summed E-state index contributed by atoms with van der Waals surface area (Å²) in [6.45, 7) is 9.30. The number of piperazine rings is 1. The number of aliphatic hydroxyl groups is 1. The van der Waals surface area contributed by atoms with E-state index in [4.69, 9.17) is 0 Å². The second kappa shape index (κ2) is 6.73. The predicted octanol–water partition coefficient (Wildman–Crippen LogP) is 2.86. The molecule has 1 aromatic carbocycles. The lowest BCUT2D eigenvalue weighted by atomic mass is 9.79. The van der Waals surface area contributed by atoms with Crippen LogP contribution in [0.15, 0.2) is 16.6 Å². The van der Waals surface area contributed by atoms with Crippen molar-refractivity contribution in [3.63, 3.8) is 0 Å². The van der Waals surface area contributed by atoms with Crippen LogP contribution in [-0.4, -0.2) is 42.8 Å². The lowest BCUT2D eigenvalue weighted by Gasteiger charge is -2.43. The summed E-state index contributed by atoms with van der Waals surface area (Å²) in [5, 5.41) is 13.1. The van der Waals surface area contributed by atoms with Gasteiger partial charge in [0.15, 0.2) is 0 Å². The highest BCUT2D eigenvalue weighted by molar-refractivity contribution is 9.10. The molecule has 5 heteroatoms. The van der Waals surface area contributed by atoms with E-state index in [0.29, 0.717) is 11.1 Å². The van der Waals surface area contributed by atoms with E-state index in [2.05, 4.69) is 26.1 Å². The molecule has 0 radical (unpaired) electrons. The number of halogens is 2. The molecule has 0 aliphatic carbocycles. The predicted molar refractivity (Wildman–Crippen MR) is 86.9 cm³/mol. The molecule has 1 aliphatic rings. The third kappa shape index (κ3) is 3.65. The lowest BCUT2D eigenvalue weighted by Crippen LogP contribution is -2.49. The minimum Gasteiger partial charge on any atom is -0.396 e. The first-order valence-corrected chi connectivity index (χ1v) is 8.17. The third-order valence-electron chi connectivity index (χ3n) is 4.21. The number of aryl methyl sites for hydroxylation is 1. The average molecular weight is 359 g/mol. The molecule has 0 amide bonds. The zero-order valence-electron chi connectivity index (χ0n) is 12.9. The molecule has 0 spiro atoms. The second-order valence-electron chi connectivity index (χ2n) is 6.46. The van der Waals surface area contributed by atoms with Crippen molar-refractivity contribution in [1.82, 2.24) is 10.2 Å². The van der Waals surface area contributed by atoms with Gasteiger partial charge in [-0.1, -0.05) is 29.8 Å². The van der Waals surface area contributed by atoms with Gasteiger partial charge in [-0.15, -0.1) is 0 Å². The van der Waals surface area contributed by atoms with Crippen LogP contribution in [0.5, 0.6) is 0 Å². The van der Waals surface area contributed by atoms with Crippen LogP contribution in [0.4, 0.5) is 4.39 Å². The first kappa shape index (κ1) is 16.9. The molecule has 0 saturated carbocycles. The highest BCUT2D eigenvalue weighted by atomic mass is 79.9. The Labute approximate surface area is 134 Å². The summed E-state index contributed by atoms with van der Waals surface area (Å²) in [6, 6.07) is 3.51. The Kier molecular flexibility index (Phi) is 5.41. The molecule has 1 atom stereocenters. The number of hydrogen-bond acceptors (Lipinski definition) is 3. The van der Waals surface area contributed by atoms with Crippen molar-refractivity contribution in [3.05, 3.63) is 33.5 Å². The van der Waals surface area contributed by atoms with E-state index in [1.807, 2.05) is 19.9 Å². The van der Waals surface area contributed by atoms with Crippen molar-refractivity contribution in [2.24, 2.45) is 5.41 Å². The van der Waals surface area contributed by atoms with E-state index in [1.165, 1.54) is 0 Å². The lowest BCUT2D eigenvalue weighted by molar-refractivity contribution is 0.0285. The van der Waals surface area contributed by atoms with Gasteiger partial charge in [0, 0.05) is 54.3 Å². The van der Waals surface area contributed by atoms with Gasteiger partial charge in [-0.05, 0) is 24.6 Å². The zero-order chi connectivity index (χ0) is 15.6. The van der Waals surface area contributed by atoms with Gasteiger partial charge >= 0.3 is 0 Å². The molecular formula is C16H24BrFN2O. The summed E-state index contributed by atoms with van der Waals surface area (Å²) in [6.07, 6.45) is 0. The molecule has 1 aliphatic heterocycles. The third-order valence-corrected chi connectivity index (χ3v) is 4.66. The average Bonchev–Trinajstić information content (AvgIpc) is 2.45. The van der Waals surface area contributed by atoms with Crippen LogP contribution in [0.1, 0.15) is 31.0 Å². The highest BCUT2D eigenvalue weighted by Gasteiger charge is 2.37. The van der Waals surface area contributed by atoms with E-state index >= 15 is 0 Å². The van der Waals surface area contributed by atoms with Gasteiger partial charge in [0.2, 0.25) is 0 Å². The van der Waals surface area contributed by atoms with Crippen molar-refractivity contribution in [1.29, 1.82) is 0 Å². The fourth-order valence-corrected chi connectivity index (χ4v) is 3.68. The SMILES string of the molecule is Cc1cc(Br)cc([C@H](N2CCNCC2)C(C)(C)CO)c1F. The van der Waals surface area contributed by atoms with Crippen molar-refractivity contribution in [2.45, 2.75) is 26.8 Å². The molecule has 0 unspecified atom stereocenters. The Morgan fingerprint density at radius 2 is 2.00 bits per heavy atom. The summed E-state index contributed by atoms with van der Waals surface area (Å²) >= 11 is 3.47. The van der Waals surface area contributed by atoms with Gasteiger partial charge in [-0.25, -0.2) is 4.39 Å². The number of rotatable bonds is 4. The van der Waals surface area contributed by atoms with Gasteiger partial charge in [-0.2, -0.15) is 0 Å². The maximum absolute atomic E-state index is 14.7. The van der Waals surface area contributed by atoms with E-state index in [1.54, 1.807) is 13.0 Å². The smallest absolute Gasteiger partial charge is 0.130 e. The topological polar surface area (TPSA) is 35.5 Å². The number of hydrogen-bond donors (Lipinski definition) is 2. The molecule has 1 fully saturated rings. The Bertz CT molecular complexity index is 501. The van der Waals surface area contributed by atoms with Gasteiger partial charge < -0.3 is 10.4 Å². The summed E-state index contributed by atoms with van der Waals surface area (Å²) in [5.41, 5.74) is 0.891. The van der Waals surface area contributed by atoms with E-state index in [9.17, 15) is 9.50 Å². The van der Waals surface area contributed by atoms with Gasteiger partial charge in [-0.3, -0.25) is 4.90 Å². The molecular weight excluding hydrogens is 335 g/mol.